The van der Waals surface area contributed by atoms with E-state index in [0.29, 0.717) is 23.6 Å². The molecule has 2 aromatic carbocycles. The lowest BCUT2D eigenvalue weighted by Gasteiger charge is -2.23. The van der Waals surface area contributed by atoms with Crippen LogP contribution in [0, 0.1) is 23.6 Å². The summed E-state index contributed by atoms with van der Waals surface area (Å²) in [5.74, 6) is -3.13. The molecular weight excluding hydrogens is 633 g/mol. The number of benzene rings is 2. The zero-order valence-corrected chi connectivity index (χ0v) is 28.0. The van der Waals surface area contributed by atoms with Gasteiger partial charge in [0.1, 0.15) is 18.1 Å². The molecule has 1 unspecified atom stereocenters. The SMILES string of the molecule is CCCCCCNC(=O)[C@H](CNC(=O)c1ccc(C(=O)N2C[C@@H](C(N)=O)[C@H](C(O)N[C@H]3C[C@@H]3C)C2)cc1)NC(=O)NCc1ccc(F)cc1. The Morgan fingerprint density at radius 3 is 2.24 bits per heavy atom. The van der Waals surface area contributed by atoms with Crippen LogP contribution in [0.25, 0.3) is 0 Å². The highest BCUT2D eigenvalue weighted by Gasteiger charge is 2.45. The van der Waals surface area contributed by atoms with Crippen molar-refractivity contribution >= 4 is 29.7 Å². The molecule has 2 fully saturated rings. The van der Waals surface area contributed by atoms with Gasteiger partial charge in [-0.05, 0) is 60.7 Å². The van der Waals surface area contributed by atoms with Crippen molar-refractivity contribution in [3.8, 4) is 0 Å². The number of amides is 6. The first-order valence-corrected chi connectivity index (χ1v) is 16.9. The highest BCUT2D eigenvalue weighted by atomic mass is 19.1. The third kappa shape index (κ3) is 11.0. The summed E-state index contributed by atoms with van der Waals surface area (Å²) in [7, 11) is 0. The highest BCUT2D eigenvalue weighted by Crippen LogP contribution is 2.33. The van der Waals surface area contributed by atoms with Gasteiger partial charge in [-0.3, -0.25) is 24.5 Å². The Bertz CT molecular complexity index is 1460. The van der Waals surface area contributed by atoms with Crippen LogP contribution in [0.3, 0.4) is 0 Å². The maximum Gasteiger partial charge on any atom is 0.315 e. The number of hydrogen-bond acceptors (Lipinski definition) is 7. The van der Waals surface area contributed by atoms with Crippen LogP contribution in [0.15, 0.2) is 48.5 Å². The molecule has 2 aromatic rings. The third-order valence-electron chi connectivity index (χ3n) is 9.10. The van der Waals surface area contributed by atoms with Gasteiger partial charge in [0.2, 0.25) is 11.8 Å². The summed E-state index contributed by atoms with van der Waals surface area (Å²) >= 11 is 0. The van der Waals surface area contributed by atoms with E-state index in [0.717, 1.165) is 32.1 Å². The Labute approximate surface area is 285 Å². The Hall–Kier alpha value is -4.56. The number of aliphatic hydroxyl groups is 1. The van der Waals surface area contributed by atoms with Gasteiger partial charge in [-0.15, -0.1) is 0 Å². The summed E-state index contributed by atoms with van der Waals surface area (Å²) in [4.78, 5) is 65.6. The van der Waals surface area contributed by atoms with Crippen molar-refractivity contribution in [2.24, 2.45) is 23.5 Å². The number of unbranched alkanes of at least 4 members (excludes halogenated alkanes) is 3. The lowest BCUT2D eigenvalue weighted by Crippen LogP contribution is -2.54. The zero-order chi connectivity index (χ0) is 35.5. The second-order valence-electron chi connectivity index (χ2n) is 13.0. The molecule has 1 aliphatic heterocycles. The summed E-state index contributed by atoms with van der Waals surface area (Å²) in [6.45, 7) is 4.69. The third-order valence-corrected chi connectivity index (χ3v) is 9.10. The molecule has 13 nitrogen and oxygen atoms in total. The van der Waals surface area contributed by atoms with Crippen LogP contribution in [-0.2, 0) is 16.1 Å². The maximum atomic E-state index is 13.3. The highest BCUT2D eigenvalue weighted by molar-refractivity contribution is 5.98. The number of rotatable bonds is 17. The standard InChI is InChI=1S/C35H48FN7O6/c1-3-4-5-6-15-38-33(47)29(42-35(49)40-17-22-7-13-25(36)14-8-22)18-39-31(45)23-9-11-24(12-10-23)34(48)43-19-26(30(37)44)27(20-43)32(46)41-28-16-21(28)2/h7-14,21,26-29,32,41,46H,3-6,15-20H2,1-2H3,(H2,37,44)(H,38,47)(H,39,45)(H2,40,42,49)/t21-,26+,27+,28-,29-,32?/m0/s1. The van der Waals surface area contributed by atoms with E-state index in [4.69, 9.17) is 5.73 Å². The van der Waals surface area contributed by atoms with Crippen molar-refractivity contribution in [2.45, 2.75) is 70.8 Å². The minimum Gasteiger partial charge on any atom is -0.378 e. The van der Waals surface area contributed by atoms with E-state index in [2.05, 4.69) is 40.4 Å². The molecule has 0 bridgehead atoms. The lowest BCUT2D eigenvalue weighted by atomic mass is 9.93. The van der Waals surface area contributed by atoms with Gasteiger partial charge in [0.05, 0.1) is 5.92 Å². The predicted molar refractivity (Wildman–Crippen MR) is 180 cm³/mol. The van der Waals surface area contributed by atoms with E-state index in [1.165, 1.54) is 53.4 Å². The molecule has 1 saturated heterocycles. The molecule has 2 aliphatic rings. The van der Waals surface area contributed by atoms with Crippen molar-refractivity contribution in [3.05, 3.63) is 71.0 Å². The summed E-state index contributed by atoms with van der Waals surface area (Å²) in [5.41, 5.74) is 6.79. The molecule has 266 valence electrons. The van der Waals surface area contributed by atoms with Gasteiger partial charge < -0.3 is 37.0 Å². The topological polar surface area (TPSA) is 195 Å². The quantitative estimate of drug-likeness (QED) is 0.0973. The Balaban J connectivity index is 1.32. The number of primary amides is 1. The number of carbonyl (C=O) groups is 5. The second kappa shape index (κ2) is 17.7. The molecule has 1 heterocycles. The van der Waals surface area contributed by atoms with Gasteiger partial charge in [0.15, 0.2) is 0 Å². The van der Waals surface area contributed by atoms with E-state index in [1.807, 2.05) is 0 Å². The molecule has 6 amide bonds. The number of likely N-dealkylation sites (tertiary alicyclic amines) is 1. The van der Waals surface area contributed by atoms with Crippen LogP contribution in [0.5, 0.6) is 0 Å². The number of aliphatic hydroxyl groups excluding tert-OH is 1. The van der Waals surface area contributed by atoms with E-state index in [9.17, 15) is 33.5 Å². The van der Waals surface area contributed by atoms with Gasteiger partial charge in [0, 0.05) is 55.8 Å². The number of urea groups is 1. The normalized spacial score (nSPS) is 20.9. The van der Waals surface area contributed by atoms with Crippen molar-refractivity contribution < 1.29 is 33.5 Å². The maximum absolute atomic E-state index is 13.3. The van der Waals surface area contributed by atoms with Gasteiger partial charge in [-0.25, -0.2) is 9.18 Å². The number of halogens is 1. The largest absolute Gasteiger partial charge is 0.378 e. The molecule has 1 aliphatic carbocycles. The first-order chi connectivity index (χ1) is 23.5. The molecular formula is C35H48FN7O6. The van der Waals surface area contributed by atoms with Crippen LogP contribution >= 0.6 is 0 Å². The molecule has 0 spiro atoms. The summed E-state index contributed by atoms with van der Waals surface area (Å²) in [6.07, 6.45) is 3.77. The fraction of sp³-hybridized carbons (Fsp3) is 0.514. The molecule has 6 atom stereocenters. The van der Waals surface area contributed by atoms with Crippen LogP contribution in [-0.4, -0.2) is 84.2 Å². The molecule has 8 N–H and O–H groups in total. The number of carbonyl (C=O) groups excluding carboxylic acids is 5. The van der Waals surface area contributed by atoms with Crippen LogP contribution in [0.2, 0.25) is 0 Å². The lowest BCUT2D eigenvalue weighted by molar-refractivity contribution is -0.124. The molecule has 49 heavy (non-hydrogen) atoms. The van der Waals surface area contributed by atoms with Crippen LogP contribution < -0.4 is 32.3 Å². The molecule has 0 radical (unpaired) electrons. The van der Waals surface area contributed by atoms with Gasteiger partial charge in [-0.2, -0.15) is 0 Å². The van der Waals surface area contributed by atoms with E-state index < -0.39 is 53.7 Å². The van der Waals surface area contributed by atoms with E-state index in [1.54, 1.807) is 0 Å². The van der Waals surface area contributed by atoms with Gasteiger partial charge >= 0.3 is 6.03 Å². The molecule has 0 aromatic heterocycles. The van der Waals surface area contributed by atoms with E-state index >= 15 is 0 Å². The summed E-state index contributed by atoms with van der Waals surface area (Å²) in [6, 6.07) is 10.0. The minimum atomic E-state index is -1.08. The number of nitrogens with one attached hydrogen (secondary N) is 5. The first kappa shape index (κ1) is 37.3. The Morgan fingerprint density at radius 2 is 1.61 bits per heavy atom. The summed E-state index contributed by atoms with van der Waals surface area (Å²) in [5, 5.41) is 24.6. The summed E-state index contributed by atoms with van der Waals surface area (Å²) < 4.78 is 13.2. The second-order valence-corrected chi connectivity index (χ2v) is 13.0. The molecule has 14 heteroatoms. The number of nitrogens with two attached hydrogens (primary N) is 1. The van der Waals surface area contributed by atoms with Gasteiger partial charge in [0.25, 0.3) is 11.8 Å². The van der Waals surface area contributed by atoms with Crippen molar-refractivity contribution in [3.63, 3.8) is 0 Å². The monoisotopic (exact) mass is 681 g/mol. The first-order valence-electron chi connectivity index (χ1n) is 16.9. The van der Waals surface area contributed by atoms with Crippen LogP contribution in [0.1, 0.15) is 72.2 Å². The Kier molecular flexibility index (Phi) is 13.5. The predicted octanol–water partition coefficient (Wildman–Crippen LogP) is 1.61. The fourth-order valence-electron chi connectivity index (χ4n) is 5.85. The number of nitrogens with zero attached hydrogens (tertiary/aromatic N) is 1. The fourth-order valence-corrected chi connectivity index (χ4v) is 5.85. The van der Waals surface area contributed by atoms with Crippen LogP contribution in [0.4, 0.5) is 9.18 Å². The zero-order valence-electron chi connectivity index (χ0n) is 28.0. The smallest absolute Gasteiger partial charge is 0.315 e. The van der Waals surface area contributed by atoms with Gasteiger partial charge in [-0.1, -0.05) is 45.2 Å². The average Bonchev–Trinajstić information content (AvgIpc) is 3.58. The minimum absolute atomic E-state index is 0.0760. The Morgan fingerprint density at radius 1 is 0.939 bits per heavy atom. The number of hydrogen-bond donors (Lipinski definition) is 7. The van der Waals surface area contributed by atoms with Crippen molar-refractivity contribution in [1.29, 1.82) is 0 Å². The average molecular weight is 682 g/mol. The van der Waals surface area contributed by atoms with E-state index in [-0.39, 0.29) is 43.7 Å². The van der Waals surface area contributed by atoms with Crippen molar-refractivity contribution in [2.75, 3.05) is 26.2 Å². The molecule has 1 saturated carbocycles. The van der Waals surface area contributed by atoms with Crippen molar-refractivity contribution in [1.82, 2.24) is 31.5 Å². The molecule has 4 rings (SSSR count).